The third-order valence-electron chi connectivity index (χ3n) is 1.20. The van der Waals surface area contributed by atoms with Gasteiger partial charge in [-0.05, 0) is 20.0 Å². The normalized spacial score (nSPS) is 10.1. The molecule has 0 saturated heterocycles. The highest BCUT2D eigenvalue weighted by molar-refractivity contribution is 5.50. The molecule has 0 spiro atoms. The fourth-order valence-electron chi connectivity index (χ4n) is 0.730. The molecule has 0 aromatic heterocycles. The van der Waals surface area contributed by atoms with E-state index in [4.69, 9.17) is 0 Å². The van der Waals surface area contributed by atoms with E-state index in [1.807, 2.05) is 13.3 Å². The molecule has 0 rings (SSSR count). The maximum absolute atomic E-state index is 9.76. The van der Waals surface area contributed by atoms with Gasteiger partial charge < -0.3 is 4.90 Å². The Hall–Kier alpha value is -0.370. The van der Waals surface area contributed by atoms with E-state index in [0.717, 1.165) is 19.5 Å². The summed E-state index contributed by atoms with van der Waals surface area (Å²) in [5, 5.41) is 0. The summed E-state index contributed by atoms with van der Waals surface area (Å²) in [5.74, 6) is 0. The first-order chi connectivity index (χ1) is 4.31. The van der Waals surface area contributed by atoms with Gasteiger partial charge in [-0.15, -0.1) is 0 Å². The van der Waals surface area contributed by atoms with Crippen molar-refractivity contribution >= 4 is 6.29 Å². The van der Waals surface area contributed by atoms with E-state index in [-0.39, 0.29) is 0 Å². The van der Waals surface area contributed by atoms with Crippen LogP contribution in [0.25, 0.3) is 0 Å². The van der Waals surface area contributed by atoms with Crippen molar-refractivity contribution in [2.45, 2.75) is 19.8 Å². The van der Waals surface area contributed by atoms with Gasteiger partial charge in [0, 0.05) is 13.0 Å². The Morgan fingerprint density at radius 2 is 2.11 bits per heavy atom. The molecule has 2 heteroatoms. The Bertz CT molecular complexity index is 73.3. The third kappa shape index (κ3) is 5.50. The first-order valence-corrected chi connectivity index (χ1v) is 3.34. The van der Waals surface area contributed by atoms with Crippen LogP contribution in [-0.4, -0.2) is 31.3 Å². The number of rotatable bonds is 5. The Labute approximate surface area is 56.9 Å². The second-order valence-electron chi connectivity index (χ2n) is 2.20. The minimum absolute atomic E-state index is 0.538. The third-order valence-corrected chi connectivity index (χ3v) is 1.20. The van der Waals surface area contributed by atoms with Gasteiger partial charge in [0.05, 0.1) is 0 Å². The molecular formula is C7H14NO. The average molecular weight is 128 g/mol. The molecule has 0 aromatic rings. The highest BCUT2D eigenvalue weighted by atomic mass is 16.1. The SMILES string of the molecule is CCCN(C)CC[C]=O. The quantitative estimate of drug-likeness (QED) is 0.546. The minimum Gasteiger partial charge on any atom is -0.306 e. The van der Waals surface area contributed by atoms with Crippen molar-refractivity contribution in [3.8, 4) is 0 Å². The summed E-state index contributed by atoms with van der Waals surface area (Å²) in [5.41, 5.74) is 0. The fourth-order valence-corrected chi connectivity index (χ4v) is 0.730. The lowest BCUT2D eigenvalue weighted by molar-refractivity contribution is 0.342. The van der Waals surface area contributed by atoms with Crippen LogP contribution >= 0.6 is 0 Å². The Balaban J connectivity index is 3.04. The molecule has 0 aromatic carbocycles. The monoisotopic (exact) mass is 128 g/mol. The lowest BCUT2D eigenvalue weighted by atomic mass is 10.4. The van der Waals surface area contributed by atoms with Crippen LogP contribution in [0.2, 0.25) is 0 Å². The van der Waals surface area contributed by atoms with Crippen molar-refractivity contribution in [3.63, 3.8) is 0 Å². The van der Waals surface area contributed by atoms with Gasteiger partial charge in [-0.25, -0.2) is 0 Å². The molecule has 53 valence electrons. The molecule has 0 atom stereocenters. The highest BCUT2D eigenvalue weighted by Crippen LogP contribution is 1.86. The van der Waals surface area contributed by atoms with E-state index >= 15 is 0 Å². The predicted octanol–water partition coefficient (Wildman–Crippen LogP) is 0.828. The molecule has 2 nitrogen and oxygen atoms in total. The molecule has 0 heterocycles. The zero-order chi connectivity index (χ0) is 7.11. The summed E-state index contributed by atoms with van der Waals surface area (Å²) in [4.78, 5) is 11.9. The van der Waals surface area contributed by atoms with Crippen LogP contribution in [0.4, 0.5) is 0 Å². The molecule has 0 aliphatic rings. The van der Waals surface area contributed by atoms with Crippen LogP contribution in [-0.2, 0) is 4.79 Å². The molecule has 0 aliphatic heterocycles. The largest absolute Gasteiger partial charge is 0.306 e. The van der Waals surface area contributed by atoms with Gasteiger partial charge in [0.2, 0.25) is 0 Å². The smallest absolute Gasteiger partial charge is 0.199 e. The molecule has 0 bridgehead atoms. The zero-order valence-electron chi connectivity index (χ0n) is 6.18. The second kappa shape index (κ2) is 5.76. The molecule has 9 heavy (non-hydrogen) atoms. The van der Waals surface area contributed by atoms with Crippen molar-refractivity contribution in [3.05, 3.63) is 0 Å². The maximum atomic E-state index is 9.76. The van der Waals surface area contributed by atoms with E-state index < -0.39 is 0 Å². The van der Waals surface area contributed by atoms with Gasteiger partial charge in [0.15, 0.2) is 6.29 Å². The van der Waals surface area contributed by atoms with Gasteiger partial charge in [0.1, 0.15) is 0 Å². The van der Waals surface area contributed by atoms with Gasteiger partial charge in [-0.2, -0.15) is 0 Å². The Kier molecular flexibility index (Phi) is 5.52. The number of carbonyl (C=O) groups excluding carboxylic acids is 1. The molecule has 0 N–H and O–H groups in total. The van der Waals surface area contributed by atoms with Crippen LogP contribution < -0.4 is 0 Å². The summed E-state index contributed by atoms with van der Waals surface area (Å²) < 4.78 is 0. The summed E-state index contributed by atoms with van der Waals surface area (Å²) in [6, 6.07) is 0. The molecular weight excluding hydrogens is 114 g/mol. The predicted molar refractivity (Wildman–Crippen MR) is 38.1 cm³/mol. The molecule has 0 aliphatic carbocycles. The first kappa shape index (κ1) is 8.63. The summed E-state index contributed by atoms with van der Waals surface area (Å²) in [6.07, 6.45) is 3.55. The number of hydrogen-bond donors (Lipinski definition) is 0. The van der Waals surface area contributed by atoms with E-state index in [2.05, 4.69) is 11.8 Å². The molecule has 0 unspecified atom stereocenters. The van der Waals surface area contributed by atoms with Gasteiger partial charge in [0.25, 0.3) is 0 Å². The minimum atomic E-state index is 0.538. The molecule has 0 amide bonds. The number of nitrogens with zero attached hydrogens (tertiary/aromatic N) is 1. The zero-order valence-corrected chi connectivity index (χ0v) is 6.18. The summed E-state index contributed by atoms with van der Waals surface area (Å²) in [7, 11) is 2.01. The van der Waals surface area contributed by atoms with Crippen LogP contribution in [0.5, 0.6) is 0 Å². The van der Waals surface area contributed by atoms with Crippen LogP contribution in [0, 0.1) is 0 Å². The Morgan fingerprint density at radius 1 is 1.44 bits per heavy atom. The van der Waals surface area contributed by atoms with Gasteiger partial charge >= 0.3 is 0 Å². The average Bonchev–Trinajstić information content (AvgIpc) is 1.85. The van der Waals surface area contributed by atoms with Crippen molar-refractivity contribution in [2.24, 2.45) is 0 Å². The lowest BCUT2D eigenvalue weighted by Crippen LogP contribution is -2.20. The summed E-state index contributed by atoms with van der Waals surface area (Å²) >= 11 is 0. The molecule has 0 fully saturated rings. The van der Waals surface area contributed by atoms with Crippen molar-refractivity contribution in [1.82, 2.24) is 4.90 Å². The van der Waals surface area contributed by atoms with E-state index in [1.54, 1.807) is 0 Å². The maximum Gasteiger partial charge on any atom is 0.199 e. The van der Waals surface area contributed by atoms with Crippen molar-refractivity contribution < 1.29 is 4.79 Å². The van der Waals surface area contributed by atoms with E-state index in [9.17, 15) is 4.79 Å². The van der Waals surface area contributed by atoms with E-state index in [0.29, 0.717) is 6.42 Å². The fraction of sp³-hybridized carbons (Fsp3) is 0.857. The van der Waals surface area contributed by atoms with Crippen LogP contribution in [0.1, 0.15) is 19.8 Å². The van der Waals surface area contributed by atoms with E-state index in [1.165, 1.54) is 0 Å². The lowest BCUT2D eigenvalue weighted by Gasteiger charge is -2.11. The number of hydrogen-bond acceptors (Lipinski definition) is 2. The highest BCUT2D eigenvalue weighted by Gasteiger charge is 1.93. The van der Waals surface area contributed by atoms with Crippen molar-refractivity contribution in [2.75, 3.05) is 20.1 Å². The van der Waals surface area contributed by atoms with Gasteiger partial charge in [-0.1, -0.05) is 6.92 Å². The Morgan fingerprint density at radius 3 is 2.56 bits per heavy atom. The topological polar surface area (TPSA) is 20.3 Å². The molecule has 1 radical (unpaired) electrons. The van der Waals surface area contributed by atoms with Crippen LogP contribution in [0.3, 0.4) is 0 Å². The summed E-state index contributed by atoms with van der Waals surface area (Å²) in [6.45, 7) is 4.04. The van der Waals surface area contributed by atoms with Crippen molar-refractivity contribution in [1.29, 1.82) is 0 Å². The van der Waals surface area contributed by atoms with Crippen LogP contribution in [0.15, 0.2) is 0 Å². The standard InChI is InChI=1S/C7H14NO/c1-3-5-8(2)6-4-7-9/h3-6H2,1-2H3. The molecule has 0 saturated carbocycles. The first-order valence-electron chi connectivity index (χ1n) is 3.34. The second-order valence-corrected chi connectivity index (χ2v) is 2.20. The van der Waals surface area contributed by atoms with Gasteiger partial charge in [-0.3, -0.25) is 4.79 Å².